The van der Waals surface area contributed by atoms with Gasteiger partial charge in [-0.05, 0) is 29.1 Å². The van der Waals surface area contributed by atoms with E-state index in [0.717, 1.165) is 15.6 Å². The average molecular weight is 301 g/mol. The SMILES string of the molecule is NC[C@@H](F)[C@@H](Oc1cccc2sccc12)c1ccccc1. The first-order valence-electron chi connectivity index (χ1n) is 6.81. The van der Waals surface area contributed by atoms with Crippen LogP contribution in [-0.4, -0.2) is 12.7 Å². The van der Waals surface area contributed by atoms with Crippen molar-refractivity contribution in [2.75, 3.05) is 6.54 Å². The molecule has 2 N–H and O–H groups in total. The number of fused-ring (bicyclic) bond motifs is 1. The van der Waals surface area contributed by atoms with Crippen molar-refractivity contribution in [3.63, 3.8) is 0 Å². The van der Waals surface area contributed by atoms with Crippen LogP contribution in [0.25, 0.3) is 10.1 Å². The lowest BCUT2D eigenvalue weighted by Gasteiger charge is -2.22. The van der Waals surface area contributed by atoms with Gasteiger partial charge >= 0.3 is 0 Å². The normalized spacial score (nSPS) is 14.0. The zero-order valence-electron chi connectivity index (χ0n) is 11.4. The summed E-state index contributed by atoms with van der Waals surface area (Å²) in [6, 6.07) is 17.2. The molecular weight excluding hydrogens is 285 g/mol. The molecule has 1 aromatic heterocycles. The van der Waals surface area contributed by atoms with Crippen LogP contribution in [0.1, 0.15) is 11.7 Å². The Balaban J connectivity index is 1.97. The van der Waals surface area contributed by atoms with Crippen LogP contribution >= 0.6 is 11.3 Å². The summed E-state index contributed by atoms with van der Waals surface area (Å²) < 4.78 is 21.4. The number of alkyl halides is 1. The predicted octanol–water partition coefficient (Wildman–Crippen LogP) is 4.32. The Morgan fingerprint density at radius 2 is 1.86 bits per heavy atom. The molecule has 4 heteroatoms. The van der Waals surface area contributed by atoms with Gasteiger partial charge in [-0.1, -0.05) is 36.4 Å². The van der Waals surface area contributed by atoms with E-state index in [0.29, 0.717) is 5.75 Å². The van der Waals surface area contributed by atoms with E-state index in [1.54, 1.807) is 11.3 Å². The van der Waals surface area contributed by atoms with Crippen molar-refractivity contribution in [1.29, 1.82) is 0 Å². The highest BCUT2D eigenvalue weighted by atomic mass is 32.1. The number of hydrogen-bond acceptors (Lipinski definition) is 3. The van der Waals surface area contributed by atoms with Gasteiger partial charge in [0.25, 0.3) is 0 Å². The number of rotatable bonds is 5. The fraction of sp³-hybridized carbons (Fsp3) is 0.176. The molecule has 21 heavy (non-hydrogen) atoms. The van der Waals surface area contributed by atoms with E-state index in [1.807, 2.05) is 60.0 Å². The molecule has 1 heterocycles. The Morgan fingerprint density at radius 1 is 1.05 bits per heavy atom. The first kappa shape index (κ1) is 14.0. The molecule has 0 amide bonds. The molecule has 2 atom stereocenters. The summed E-state index contributed by atoms with van der Waals surface area (Å²) in [7, 11) is 0. The number of nitrogens with two attached hydrogens (primary N) is 1. The maximum absolute atomic E-state index is 14.2. The fourth-order valence-electron chi connectivity index (χ4n) is 2.32. The first-order valence-corrected chi connectivity index (χ1v) is 7.69. The summed E-state index contributed by atoms with van der Waals surface area (Å²) in [6.45, 7) is -0.0703. The van der Waals surface area contributed by atoms with Crippen LogP contribution in [0.4, 0.5) is 4.39 Å². The van der Waals surface area contributed by atoms with Crippen molar-refractivity contribution in [3.05, 3.63) is 65.5 Å². The van der Waals surface area contributed by atoms with Crippen LogP contribution < -0.4 is 10.5 Å². The lowest BCUT2D eigenvalue weighted by Crippen LogP contribution is -2.27. The molecule has 3 rings (SSSR count). The Hall–Kier alpha value is -1.91. The topological polar surface area (TPSA) is 35.2 Å². The molecule has 3 aromatic rings. The Labute approximate surface area is 127 Å². The molecule has 0 saturated carbocycles. The minimum atomic E-state index is -1.25. The highest BCUT2D eigenvalue weighted by Crippen LogP contribution is 2.34. The summed E-state index contributed by atoms with van der Waals surface area (Å²) in [6.07, 6.45) is -1.94. The predicted molar refractivity (Wildman–Crippen MR) is 85.6 cm³/mol. The average Bonchev–Trinajstić information content (AvgIpc) is 3.02. The van der Waals surface area contributed by atoms with Crippen molar-refractivity contribution in [3.8, 4) is 5.75 Å². The van der Waals surface area contributed by atoms with Gasteiger partial charge in [-0.2, -0.15) is 0 Å². The van der Waals surface area contributed by atoms with Crippen LogP contribution in [0.5, 0.6) is 5.75 Å². The van der Waals surface area contributed by atoms with Crippen molar-refractivity contribution < 1.29 is 9.13 Å². The molecule has 0 saturated heterocycles. The van der Waals surface area contributed by atoms with Gasteiger partial charge in [0.05, 0.1) is 0 Å². The second-order valence-electron chi connectivity index (χ2n) is 4.79. The number of halogens is 1. The van der Waals surface area contributed by atoms with E-state index in [-0.39, 0.29) is 6.54 Å². The van der Waals surface area contributed by atoms with E-state index in [2.05, 4.69) is 0 Å². The lowest BCUT2D eigenvalue weighted by molar-refractivity contribution is 0.106. The molecular formula is C17H16FNOS. The molecule has 0 spiro atoms. The van der Waals surface area contributed by atoms with E-state index >= 15 is 0 Å². The van der Waals surface area contributed by atoms with Crippen LogP contribution in [0.3, 0.4) is 0 Å². The van der Waals surface area contributed by atoms with Crippen LogP contribution in [0, 0.1) is 0 Å². The van der Waals surface area contributed by atoms with E-state index in [4.69, 9.17) is 10.5 Å². The lowest BCUT2D eigenvalue weighted by atomic mass is 10.0. The highest BCUT2D eigenvalue weighted by molar-refractivity contribution is 7.17. The molecule has 0 fully saturated rings. The molecule has 0 bridgehead atoms. The largest absolute Gasteiger partial charge is 0.482 e. The zero-order valence-corrected chi connectivity index (χ0v) is 12.2. The Kier molecular flexibility index (Phi) is 4.18. The van der Waals surface area contributed by atoms with Crippen molar-refractivity contribution >= 4 is 21.4 Å². The van der Waals surface area contributed by atoms with E-state index in [1.165, 1.54) is 0 Å². The summed E-state index contributed by atoms with van der Waals surface area (Å²) in [5.41, 5.74) is 6.30. The highest BCUT2D eigenvalue weighted by Gasteiger charge is 2.24. The third-order valence-corrected chi connectivity index (χ3v) is 4.27. The molecule has 0 aliphatic heterocycles. The number of thiophene rings is 1. The van der Waals surface area contributed by atoms with Gasteiger partial charge in [0.2, 0.25) is 0 Å². The molecule has 0 unspecified atom stereocenters. The summed E-state index contributed by atoms with van der Waals surface area (Å²) in [5, 5.41) is 3.01. The fourth-order valence-corrected chi connectivity index (χ4v) is 3.13. The zero-order chi connectivity index (χ0) is 14.7. The monoisotopic (exact) mass is 301 g/mol. The first-order chi connectivity index (χ1) is 10.3. The van der Waals surface area contributed by atoms with Gasteiger partial charge < -0.3 is 10.5 Å². The standard InChI is InChI=1S/C17H16FNOS/c18-14(11-19)17(12-5-2-1-3-6-12)20-15-7-4-8-16-13(15)9-10-21-16/h1-10,14,17H,11,19H2/t14-,17+/m1/s1. The maximum atomic E-state index is 14.2. The van der Waals surface area contributed by atoms with Crippen LogP contribution in [0.2, 0.25) is 0 Å². The maximum Gasteiger partial charge on any atom is 0.156 e. The van der Waals surface area contributed by atoms with Gasteiger partial charge in [0.15, 0.2) is 12.3 Å². The Morgan fingerprint density at radius 3 is 2.62 bits per heavy atom. The third-order valence-electron chi connectivity index (χ3n) is 3.39. The van der Waals surface area contributed by atoms with Gasteiger partial charge in [-0.25, -0.2) is 4.39 Å². The van der Waals surface area contributed by atoms with Gasteiger partial charge in [-0.15, -0.1) is 11.3 Å². The summed E-state index contributed by atoms with van der Waals surface area (Å²) >= 11 is 1.64. The number of ether oxygens (including phenoxy) is 1. The molecule has 0 aliphatic rings. The summed E-state index contributed by atoms with van der Waals surface area (Å²) in [4.78, 5) is 0. The van der Waals surface area contributed by atoms with Crippen molar-refractivity contribution in [2.24, 2.45) is 5.73 Å². The quantitative estimate of drug-likeness (QED) is 0.762. The van der Waals surface area contributed by atoms with Crippen molar-refractivity contribution in [1.82, 2.24) is 0 Å². The smallest absolute Gasteiger partial charge is 0.156 e. The van der Waals surface area contributed by atoms with Crippen LogP contribution in [-0.2, 0) is 0 Å². The third kappa shape index (κ3) is 2.91. The molecule has 0 aliphatic carbocycles. The number of benzene rings is 2. The van der Waals surface area contributed by atoms with Gasteiger partial charge in [0.1, 0.15) is 5.75 Å². The molecule has 108 valence electrons. The Bertz CT molecular complexity index is 713. The number of hydrogen-bond donors (Lipinski definition) is 1. The van der Waals surface area contributed by atoms with Gasteiger partial charge in [-0.3, -0.25) is 0 Å². The second-order valence-corrected chi connectivity index (χ2v) is 5.74. The molecule has 2 aromatic carbocycles. The minimum absolute atomic E-state index is 0.0703. The minimum Gasteiger partial charge on any atom is -0.482 e. The second kappa shape index (κ2) is 6.24. The molecule has 2 nitrogen and oxygen atoms in total. The van der Waals surface area contributed by atoms with E-state index < -0.39 is 12.3 Å². The molecule has 0 radical (unpaired) electrons. The van der Waals surface area contributed by atoms with E-state index in [9.17, 15) is 4.39 Å². The van der Waals surface area contributed by atoms with Crippen molar-refractivity contribution in [2.45, 2.75) is 12.3 Å². The van der Waals surface area contributed by atoms with Crippen LogP contribution in [0.15, 0.2) is 60.0 Å². The van der Waals surface area contributed by atoms with Gasteiger partial charge in [0, 0.05) is 16.6 Å². The summed E-state index contributed by atoms with van der Waals surface area (Å²) in [5.74, 6) is 0.693.